The first kappa shape index (κ1) is 28.4. The van der Waals surface area contributed by atoms with Gasteiger partial charge >= 0.3 is 0 Å². The van der Waals surface area contributed by atoms with Gasteiger partial charge in [-0.05, 0) is 89.4 Å². The van der Waals surface area contributed by atoms with E-state index in [1.807, 2.05) is 25.1 Å². The van der Waals surface area contributed by atoms with Crippen LogP contribution in [0.4, 0.5) is 10.1 Å². The number of methoxy groups -OCH3 is 1. The Morgan fingerprint density at radius 3 is 2.47 bits per heavy atom. The molecule has 3 aromatic rings. The zero-order chi connectivity index (χ0) is 27.6. The van der Waals surface area contributed by atoms with Crippen LogP contribution in [0.5, 0.6) is 5.75 Å². The molecule has 1 amide bonds. The second kappa shape index (κ2) is 11.6. The van der Waals surface area contributed by atoms with Crippen LogP contribution in [0.25, 0.3) is 0 Å². The van der Waals surface area contributed by atoms with Gasteiger partial charge in [-0.3, -0.25) is 4.79 Å². The number of hydrogen-bond acceptors (Lipinski definition) is 5. The molecule has 0 spiro atoms. The molecule has 11 heteroatoms. The topological polar surface area (TPSA) is 78.9 Å². The van der Waals surface area contributed by atoms with E-state index in [2.05, 4.69) is 26.1 Å². The van der Waals surface area contributed by atoms with Crippen molar-refractivity contribution in [3.63, 3.8) is 0 Å². The predicted molar refractivity (Wildman–Crippen MR) is 150 cm³/mol. The number of nitrogens with zero attached hydrogens (tertiary/aromatic N) is 2. The van der Waals surface area contributed by atoms with Crippen molar-refractivity contribution >= 4 is 49.1 Å². The Hall–Kier alpha value is -2.66. The predicted octanol–water partition coefficient (Wildman–Crippen LogP) is 5.56. The van der Waals surface area contributed by atoms with Crippen molar-refractivity contribution in [2.45, 2.75) is 24.8 Å². The molecule has 1 aliphatic heterocycles. The van der Waals surface area contributed by atoms with Crippen LogP contribution in [-0.2, 0) is 10.0 Å². The van der Waals surface area contributed by atoms with Gasteiger partial charge in [-0.2, -0.15) is 4.31 Å². The van der Waals surface area contributed by atoms with Crippen LogP contribution in [0.15, 0.2) is 64.0 Å². The molecule has 0 unspecified atom stereocenters. The van der Waals surface area contributed by atoms with Crippen LogP contribution in [0.1, 0.15) is 34.5 Å². The molecule has 1 fully saturated rings. The number of halogens is 3. The molecule has 0 saturated carbocycles. The third-order valence-electron chi connectivity index (χ3n) is 6.58. The molecule has 202 valence electrons. The van der Waals surface area contributed by atoms with Gasteiger partial charge < -0.3 is 15.0 Å². The number of benzene rings is 3. The van der Waals surface area contributed by atoms with Gasteiger partial charge in [-0.1, -0.05) is 17.7 Å². The Morgan fingerprint density at radius 1 is 1.11 bits per heavy atom. The van der Waals surface area contributed by atoms with E-state index in [9.17, 15) is 17.6 Å². The molecule has 0 aromatic heterocycles. The minimum absolute atomic E-state index is 0.0811. The first-order chi connectivity index (χ1) is 18.0. The number of carbonyl (C=O) groups is 1. The summed E-state index contributed by atoms with van der Waals surface area (Å²) in [6, 6.07) is 14.3. The summed E-state index contributed by atoms with van der Waals surface area (Å²) in [5.41, 5.74) is 2.52. The van der Waals surface area contributed by atoms with Crippen molar-refractivity contribution in [2.24, 2.45) is 0 Å². The van der Waals surface area contributed by atoms with E-state index in [4.69, 9.17) is 16.3 Å². The summed E-state index contributed by atoms with van der Waals surface area (Å²) in [6.07, 6.45) is 0. The molecule has 1 aliphatic rings. The fourth-order valence-electron chi connectivity index (χ4n) is 4.50. The molecule has 38 heavy (non-hydrogen) atoms. The van der Waals surface area contributed by atoms with Crippen LogP contribution in [0.3, 0.4) is 0 Å². The van der Waals surface area contributed by atoms with Crippen LogP contribution in [0.2, 0.25) is 5.02 Å². The highest BCUT2D eigenvalue weighted by Crippen LogP contribution is 2.30. The monoisotopic (exact) mass is 623 g/mol. The molecule has 7 nitrogen and oxygen atoms in total. The highest BCUT2D eigenvalue weighted by Gasteiger charge is 2.32. The van der Waals surface area contributed by atoms with Gasteiger partial charge in [-0.25, -0.2) is 12.8 Å². The van der Waals surface area contributed by atoms with E-state index in [1.54, 1.807) is 19.1 Å². The van der Waals surface area contributed by atoms with Crippen molar-refractivity contribution in [1.82, 2.24) is 9.62 Å². The second-order valence-electron chi connectivity index (χ2n) is 9.05. The molecule has 0 radical (unpaired) electrons. The summed E-state index contributed by atoms with van der Waals surface area (Å²) in [5, 5.41) is 3.45. The molecule has 0 bridgehead atoms. The van der Waals surface area contributed by atoms with E-state index in [1.165, 1.54) is 35.7 Å². The number of anilines is 1. The number of rotatable bonds is 7. The average Bonchev–Trinajstić information content (AvgIpc) is 2.90. The summed E-state index contributed by atoms with van der Waals surface area (Å²) in [4.78, 5) is 15.1. The summed E-state index contributed by atoms with van der Waals surface area (Å²) in [5.74, 6) is -0.761. The van der Waals surface area contributed by atoms with Gasteiger partial charge in [0.25, 0.3) is 5.91 Å². The zero-order valence-corrected chi connectivity index (χ0v) is 24.3. The first-order valence-electron chi connectivity index (χ1n) is 12.0. The maximum atomic E-state index is 14.1. The molecule has 1 N–H and O–H groups in total. The highest BCUT2D eigenvalue weighted by molar-refractivity contribution is 9.10. The number of nitrogens with one attached hydrogen (secondary N) is 1. The Labute approximate surface area is 235 Å². The Morgan fingerprint density at radius 2 is 1.82 bits per heavy atom. The number of sulfonamides is 1. The third kappa shape index (κ3) is 5.98. The average molecular weight is 625 g/mol. The Bertz CT molecular complexity index is 1460. The Kier molecular flexibility index (Phi) is 8.66. The van der Waals surface area contributed by atoms with Gasteiger partial charge in [-0.15, -0.1) is 0 Å². The third-order valence-corrected chi connectivity index (χ3v) is 9.34. The van der Waals surface area contributed by atoms with Crippen molar-refractivity contribution < 1.29 is 22.3 Å². The molecule has 3 aromatic carbocycles. The first-order valence-corrected chi connectivity index (χ1v) is 14.6. The molecule has 1 saturated heterocycles. The van der Waals surface area contributed by atoms with Gasteiger partial charge in [0.05, 0.1) is 17.6 Å². The van der Waals surface area contributed by atoms with E-state index < -0.39 is 27.8 Å². The molecular formula is C27H28BrClFN3O4S. The van der Waals surface area contributed by atoms with Crippen LogP contribution < -0.4 is 15.0 Å². The van der Waals surface area contributed by atoms with E-state index in [0.717, 1.165) is 11.3 Å². The van der Waals surface area contributed by atoms with Crippen LogP contribution in [0, 0.1) is 12.7 Å². The lowest BCUT2D eigenvalue weighted by Gasteiger charge is -2.35. The fourth-order valence-corrected chi connectivity index (χ4v) is 6.75. The smallest absolute Gasteiger partial charge is 0.251 e. The van der Waals surface area contributed by atoms with Crippen LogP contribution in [-0.4, -0.2) is 51.9 Å². The summed E-state index contributed by atoms with van der Waals surface area (Å²) in [6.45, 7) is 5.08. The van der Waals surface area contributed by atoms with E-state index >= 15 is 0 Å². The van der Waals surface area contributed by atoms with Gasteiger partial charge in [0.1, 0.15) is 16.5 Å². The number of carbonyl (C=O) groups excluding carboxylic acids is 1. The molecule has 0 aliphatic carbocycles. The summed E-state index contributed by atoms with van der Waals surface area (Å²) >= 11 is 9.27. The normalized spacial score (nSPS) is 15.3. The SMILES string of the molecule is COc1ccc(C(=O)N[C@@H](C)c2cc(F)c(Br)cc2C)cc1S(=O)(=O)N1CCN(c2cccc(Cl)c2)CC1. The molecular weight excluding hydrogens is 597 g/mol. The number of piperazine rings is 1. The number of ether oxygens (including phenoxy) is 1. The largest absolute Gasteiger partial charge is 0.495 e. The van der Waals surface area contributed by atoms with Crippen molar-refractivity contribution in [3.8, 4) is 5.75 Å². The highest BCUT2D eigenvalue weighted by atomic mass is 79.9. The molecule has 4 rings (SSSR count). The van der Waals surface area contributed by atoms with Gasteiger partial charge in [0.2, 0.25) is 10.0 Å². The lowest BCUT2D eigenvalue weighted by atomic mass is 10.0. The summed E-state index contributed by atoms with van der Waals surface area (Å²) in [7, 11) is -2.56. The van der Waals surface area contributed by atoms with Crippen molar-refractivity contribution in [1.29, 1.82) is 0 Å². The maximum absolute atomic E-state index is 14.1. The lowest BCUT2D eigenvalue weighted by Crippen LogP contribution is -2.48. The maximum Gasteiger partial charge on any atom is 0.251 e. The number of aryl methyl sites for hydroxylation is 1. The second-order valence-corrected chi connectivity index (χ2v) is 12.3. The number of amides is 1. The number of hydrogen-bond donors (Lipinski definition) is 1. The fraction of sp³-hybridized carbons (Fsp3) is 0.296. The molecule has 1 atom stereocenters. The minimum Gasteiger partial charge on any atom is -0.495 e. The van der Waals surface area contributed by atoms with Gasteiger partial charge in [0, 0.05) is 42.5 Å². The van der Waals surface area contributed by atoms with Gasteiger partial charge in [0.15, 0.2) is 0 Å². The van der Waals surface area contributed by atoms with Crippen LogP contribution >= 0.6 is 27.5 Å². The summed E-state index contributed by atoms with van der Waals surface area (Å²) < 4.78 is 48.4. The minimum atomic E-state index is -3.95. The quantitative estimate of drug-likeness (QED) is 0.373. The standard InChI is InChI=1S/C27H28BrClFN3O4S/c1-17-13-23(28)24(30)16-22(17)18(2)31-27(34)19-7-8-25(37-3)26(14-19)38(35,36)33-11-9-32(10-12-33)21-6-4-5-20(29)15-21/h4-8,13-16,18H,9-12H2,1-3H3,(H,31,34)/t18-/m0/s1. The molecule has 1 heterocycles. The lowest BCUT2D eigenvalue weighted by molar-refractivity contribution is 0.0939. The van der Waals surface area contributed by atoms with Crippen molar-refractivity contribution in [2.75, 3.05) is 38.2 Å². The van der Waals surface area contributed by atoms with E-state index in [0.29, 0.717) is 28.1 Å². The van der Waals surface area contributed by atoms with Crippen molar-refractivity contribution in [3.05, 3.63) is 86.6 Å². The van der Waals surface area contributed by atoms with E-state index in [-0.39, 0.29) is 29.3 Å². The Balaban J connectivity index is 1.53. The zero-order valence-electron chi connectivity index (χ0n) is 21.2.